The molecule has 1 aromatic carbocycles. The minimum absolute atomic E-state index is 0.0107. The second kappa shape index (κ2) is 6.89. The van der Waals surface area contributed by atoms with Crippen molar-refractivity contribution in [3.63, 3.8) is 0 Å². The number of carbonyl (C=O) groups excluding carboxylic acids is 2. The Hall–Kier alpha value is -3.33. The minimum Gasteiger partial charge on any atom is -0.460 e. The fourth-order valence-electron chi connectivity index (χ4n) is 2.82. The summed E-state index contributed by atoms with van der Waals surface area (Å²) in [6, 6.07) is 5.58. The third-order valence-corrected chi connectivity index (χ3v) is 3.87. The van der Waals surface area contributed by atoms with Gasteiger partial charge in [0.05, 0.1) is 34.0 Å². The monoisotopic (exact) mass is 358 g/mol. The first-order valence-electron chi connectivity index (χ1n) is 7.67. The van der Waals surface area contributed by atoms with Gasteiger partial charge in [0.1, 0.15) is 13.2 Å². The number of aromatic nitrogens is 1. The third-order valence-electron chi connectivity index (χ3n) is 3.87. The number of nitro groups is 1. The van der Waals surface area contributed by atoms with Crippen molar-refractivity contribution in [2.75, 3.05) is 13.2 Å². The molecule has 0 amide bonds. The van der Waals surface area contributed by atoms with Gasteiger partial charge in [0.15, 0.2) is 0 Å². The highest BCUT2D eigenvalue weighted by Gasteiger charge is 2.33. The molecule has 3 rings (SSSR count). The maximum atomic E-state index is 12.5. The second-order valence-corrected chi connectivity index (χ2v) is 5.51. The maximum absolute atomic E-state index is 12.5. The zero-order valence-electron chi connectivity index (χ0n) is 13.7. The number of non-ortho nitro benzene ring substituents is 1. The van der Waals surface area contributed by atoms with Gasteiger partial charge in [-0.05, 0) is 12.5 Å². The van der Waals surface area contributed by atoms with E-state index in [9.17, 15) is 19.7 Å². The van der Waals surface area contributed by atoms with Crippen LogP contribution in [0, 0.1) is 17.0 Å². The van der Waals surface area contributed by atoms with E-state index in [-0.39, 0.29) is 42.2 Å². The van der Waals surface area contributed by atoms with Crippen LogP contribution in [0.1, 0.15) is 32.1 Å². The average Bonchev–Trinajstić information content (AvgIpc) is 2.99. The fraction of sp³-hybridized carbons (Fsp3) is 0.235. The van der Waals surface area contributed by atoms with Crippen molar-refractivity contribution in [3.05, 3.63) is 56.9 Å². The number of aliphatic hydroxyl groups is 1. The fourth-order valence-corrected chi connectivity index (χ4v) is 2.82. The molecule has 26 heavy (non-hydrogen) atoms. The molecule has 2 heterocycles. The predicted molar refractivity (Wildman–Crippen MR) is 87.6 cm³/mol. The maximum Gasteiger partial charge on any atom is 0.341 e. The van der Waals surface area contributed by atoms with Crippen LogP contribution in [0.2, 0.25) is 0 Å². The Morgan fingerprint density at radius 2 is 2.19 bits per heavy atom. The Kier molecular flexibility index (Phi) is 4.63. The molecule has 0 atom stereocenters. The van der Waals surface area contributed by atoms with Gasteiger partial charge in [-0.1, -0.05) is 12.1 Å². The van der Waals surface area contributed by atoms with Crippen LogP contribution < -0.4 is 0 Å². The number of carbonyl (C=O) groups is 2. The summed E-state index contributed by atoms with van der Waals surface area (Å²) in [5.74, 6) is -1.45. The first kappa shape index (κ1) is 17.5. The SMILES string of the molecule is Cc1nc2c(c(-c3cccc([N+](=O)[O-])c3)c1C(=O)OCCO)C(=O)OC2. The normalized spacial score (nSPS) is 12.5. The second-order valence-electron chi connectivity index (χ2n) is 5.51. The van der Waals surface area contributed by atoms with Crippen LogP contribution in [0.3, 0.4) is 0 Å². The molecule has 1 aromatic heterocycles. The largest absolute Gasteiger partial charge is 0.460 e. The van der Waals surface area contributed by atoms with Crippen LogP contribution >= 0.6 is 0 Å². The number of pyridine rings is 1. The molecular formula is C17H14N2O7. The third kappa shape index (κ3) is 3.00. The molecule has 9 heteroatoms. The van der Waals surface area contributed by atoms with Gasteiger partial charge in [0.2, 0.25) is 0 Å². The summed E-state index contributed by atoms with van der Waals surface area (Å²) in [4.78, 5) is 39.4. The lowest BCUT2D eigenvalue weighted by molar-refractivity contribution is -0.384. The van der Waals surface area contributed by atoms with E-state index in [2.05, 4.69) is 4.98 Å². The molecule has 1 aliphatic heterocycles. The molecule has 0 fully saturated rings. The zero-order valence-corrected chi connectivity index (χ0v) is 13.7. The lowest BCUT2D eigenvalue weighted by Gasteiger charge is -2.14. The van der Waals surface area contributed by atoms with Gasteiger partial charge in [0.25, 0.3) is 5.69 Å². The Balaban J connectivity index is 2.28. The number of nitro benzene ring substituents is 1. The quantitative estimate of drug-likeness (QED) is 0.486. The Morgan fingerprint density at radius 1 is 1.42 bits per heavy atom. The average molecular weight is 358 g/mol. The number of aryl methyl sites for hydroxylation is 1. The summed E-state index contributed by atoms with van der Waals surface area (Å²) < 4.78 is 9.98. The number of cyclic esters (lactones) is 1. The van der Waals surface area contributed by atoms with Gasteiger partial charge in [-0.3, -0.25) is 15.1 Å². The highest BCUT2D eigenvalue weighted by Crippen LogP contribution is 2.36. The van der Waals surface area contributed by atoms with Gasteiger partial charge >= 0.3 is 11.9 Å². The summed E-state index contributed by atoms with van der Waals surface area (Å²) in [5, 5.41) is 20.0. The van der Waals surface area contributed by atoms with Crippen LogP contribution in [0.15, 0.2) is 24.3 Å². The molecule has 0 saturated heterocycles. The molecule has 0 aliphatic carbocycles. The Morgan fingerprint density at radius 3 is 2.88 bits per heavy atom. The molecule has 1 aliphatic rings. The molecule has 0 unspecified atom stereocenters. The van der Waals surface area contributed by atoms with Crippen LogP contribution in [-0.2, 0) is 16.1 Å². The molecule has 9 nitrogen and oxygen atoms in total. The lowest BCUT2D eigenvalue weighted by Crippen LogP contribution is -2.15. The lowest BCUT2D eigenvalue weighted by atomic mass is 9.92. The highest BCUT2D eigenvalue weighted by molar-refractivity contribution is 6.08. The van der Waals surface area contributed by atoms with E-state index in [0.717, 1.165) is 0 Å². The first-order chi connectivity index (χ1) is 12.4. The number of aliphatic hydroxyl groups excluding tert-OH is 1. The minimum atomic E-state index is -0.784. The number of ether oxygens (including phenoxy) is 2. The molecule has 0 saturated carbocycles. The van der Waals surface area contributed by atoms with E-state index in [4.69, 9.17) is 14.6 Å². The van der Waals surface area contributed by atoms with Crippen LogP contribution in [0.5, 0.6) is 0 Å². The number of nitrogens with zero attached hydrogens (tertiary/aromatic N) is 2. The Labute approximate surface area is 147 Å². The number of esters is 2. The molecule has 0 spiro atoms. The summed E-state index contributed by atoms with van der Waals surface area (Å²) in [7, 11) is 0. The standard InChI is InChI=1S/C17H14N2O7/c1-9-13(16(21)25-6-5-20)14(15-12(18-9)8-26-17(15)22)10-3-2-4-11(7-10)19(23)24/h2-4,7,20H,5-6,8H2,1H3. The zero-order chi connectivity index (χ0) is 18.8. The van der Waals surface area contributed by atoms with Crippen molar-refractivity contribution in [1.29, 1.82) is 0 Å². The summed E-state index contributed by atoms with van der Waals surface area (Å²) in [6.45, 7) is 0.938. The van der Waals surface area contributed by atoms with Crippen molar-refractivity contribution >= 4 is 17.6 Å². The van der Waals surface area contributed by atoms with Crippen molar-refractivity contribution in [2.45, 2.75) is 13.5 Å². The number of fused-ring (bicyclic) bond motifs is 1. The summed E-state index contributed by atoms with van der Waals surface area (Å²) in [5.41, 5.74) is 1.05. The summed E-state index contributed by atoms with van der Waals surface area (Å²) >= 11 is 0. The molecular weight excluding hydrogens is 344 g/mol. The molecule has 0 bridgehead atoms. The van der Waals surface area contributed by atoms with Crippen molar-refractivity contribution in [2.24, 2.45) is 0 Å². The van der Waals surface area contributed by atoms with E-state index < -0.39 is 16.9 Å². The van der Waals surface area contributed by atoms with Crippen molar-refractivity contribution in [1.82, 2.24) is 4.98 Å². The number of hydrogen-bond acceptors (Lipinski definition) is 8. The van der Waals surface area contributed by atoms with Gasteiger partial charge in [-0.25, -0.2) is 9.59 Å². The van der Waals surface area contributed by atoms with E-state index in [1.807, 2.05) is 0 Å². The number of benzene rings is 1. The molecule has 0 radical (unpaired) electrons. The van der Waals surface area contributed by atoms with Gasteiger partial charge in [-0.15, -0.1) is 0 Å². The van der Waals surface area contributed by atoms with Crippen molar-refractivity contribution in [3.8, 4) is 11.1 Å². The van der Waals surface area contributed by atoms with Crippen LogP contribution in [0.25, 0.3) is 11.1 Å². The molecule has 1 N–H and O–H groups in total. The van der Waals surface area contributed by atoms with Crippen LogP contribution in [-0.4, -0.2) is 40.2 Å². The van der Waals surface area contributed by atoms with Crippen molar-refractivity contribution < 1.29 is 29.1 Å². The highest BCUT2D eigenvalue weighted by atomic mass is 16.6. The summed E-state index contributed by atoms with van der Waals surface area (Å²) in [6.07, 6.45) is 0. The first-order valence-corrected chi connectivity index (χ1v) is 7.67. The number of rotatable bonds is 5. The van der Waals surface area contributed by atoms with Gasteiger partial charge < -0.3 is 14.6 Å². The van der Waals surface area contributed by atoms with Crippen LogP contribution in [0.4, 0.5) is 5.69 Å². The topological polar surface area (TPSA) is 129 Å². The number of hydrogen-bond donors (Lipinski definition) is 1. The smallest absolute Gasteiger partial charge is 0.341 e. The van der Waals surface area contributed by atoms with E-state index in [0.29, 0.717) is 17.0 Å². The molecule has 134 valence electrons. The van der Waals surface area contributed by atoms with E-state index in [1.54, 1.807) is 13.0 Å². The van der Waals surface area contributed by atoms with Gasteiger partial charge in [0, 0.05) is 17.7 Å². The predicted octanol–water partition coefficient (Wildman–Crippen LogP) is 1.78. The Bertz CT molecular complexity index is 924. The molecule has 2 aromatic rings. The van der Waals surface area contributed by atoms with E-state index >= 15 is 0 Å². The van der Waals surface area contributed by atoms with Gasteiger partial charge in [-0.2, -0.15) is 0 Å². The van der Waals surface area contributed by atoms with E-state index in [1.165, 1.54) is 18.2 Å².